The van der Waals surface area contributed by atoms with Gasteiger partial charge in [0, 0.05) is 5.48 Å². The first-order valence-corrected chi connectivity index (χ1v) is 3.47. The van der Waals surface area contributed by atoms with Crippen LogP contribution in [0.4, 0.5) is 0 Å². The summed E-state index contributed by atoms with van der Waals surface area (Å²) >= 11 is 0. The molecule has 0 saturated carbocycles. The van der Waals surface area contributed by atoms with Crippen LogP contribution in [0.1, 0.15) is 0 Å². The highest BCUT2D eigenvalue weighted by molar-refractivity contribution is 5.72. The van der Waals surface area contributed by atoms with E-state index in [4.69, 9.17) is 30.6 Å². The zero-order valence-electron chi connectivity index (χ0n) is 7.02. The van der Waals surface area contributed by atoms with E-state index in [0.29, 0.717) is 0 Å². The van der Waals surface area contributed by atoms with Crippen molar-refractivity contribution in [3.63, 3.8) is 0 Å². The fraction of sp³-hybridized carbons (Fsp3) is 0.833. The molecule has 0 spiro atoms. The Morgan fingerprint density at radius 3 is 1.79 bits per heavy atom. The molecule has 0 aromatic heterocycles. The molecule has 2 radical (unpaired) electrons. The average molecular weight is 212 g/mol. The van der Waals surface area contributed by atoms with Crippen LogP contribution in [-0.4, -0.2) is 67.6 Å². The van der Waals surface area contributed by atoms with Crippen molar-refractivity contribution in [2.75, 3.05) is 6.61 Å². The number of aliphatic hydroxyl groups excluding tert-OH is 5. The lowest BCUT2D eigenvalue weighted by Crippen LogP contribution is -2.48. The van der Waals surface area contributed by atoms with E-state index in [1.807, 2.05) is 0 Å². The molecule has 0 heterocycles. The Bertz CT molecular complexity index is 171. The van der Waals surface area contributed by atoms with Crippen LogP contribution < -0.4 is 0 Å². The first-order valence-electron chi connectivity index (χ1n) is 3.47. The molecular formula is C6H12O8. The van der Waals surface area contributed by atoms with Gasteiger partial charge in [0.1, 0.15) is 18.3 Å². The van der Waals surface area contributed by atoms with Crippen molar-refractivity contribution in [3.8, 4) is 0 Å². The highest BCUT2D eigenvalue weighted by atomic mass is 16.4. The number of carboxylic acid groups (broad SMARTS) is 1. The fourth-order valence-corrected chi connectivity index (χ4v) is 0.668. The van der Waals surface area contributed by atoms with Crippen molar-refractivity contribution in [2.45, 2.75) is 24.4 Å². The Morgan fingerprint density at radius 2 is 1.50 bits per heavy atom. The van der Waals surface area contributed by atoms with Gasteiger partial charge in [0.15, 0.2) is 6.10 Å². The lowest BCUT2D eigenvalue weighted by atomic mass is 10.0. The zero-order chi connectivity index (χ0) is 10.6. The average Bonchev–Trinajstić information content (AvgIpc) is 2.12. The lowest BCUT2D eigenvalue weighted by Gasteiger charge is -2.23. The van der Waals surface area contributed by atoms with E-state index in [1.54, 1.807) is 0 Å². The first kappa shape index (κ1) is 15.7. The molecule has 0 fully saturated rings. The second-order valence-corrected chi connectivity index (χ2v) is 2.51. The molecule has 6 N–H and O–H groups in total. The summed E-state index contributed by atoms with van der Waals surface area (Å²) in [4.78, 5) is 10.1. The van der Waals surface area contributed by atoms with Crippen molar-refractivity contribution in [2.24, 2.45) is 0 Å². The van der Waals surface area contributed by atoms with Gasteiger partial charge in [-0.1, -0.05) is 0 Å². The van der Waals surface area contributed by atoms with Gasteiger partial charge in [0.05, 0.1) is 6.61 Å². The predicted molar refractivity (Wildman–Crippen MR) is 39.4 cm³/mol. The Morgan fingerprint density at radius 1 is 1.07 bits per heavy atom. The standard InChI is InChI=1S/C6H12O7.O/c7-1-2(8)3(9)4(10)5(11)6(12)13;/h2-5,7-11H,1H2,(H,12,13);/t2-,3-,4+,5-;/m1./s1. The van der Waals surface area contributed by atoms with Crippen LogP contribution in [0.5, 0.6) is 0 Å². The van der Waals surface area contributed by atoms with Crippen molar-refractivity contribution < 1.29 is 40.9 Å². The number of carbonyl (C=O) groups is 1. The minimum Gasteiger partial charge on any atom is -0.479 e. The Kier molecular flexibility index (Phi) is 7.45. The summed E-state index contributed by atoms with van der Waals surface area (Å²) in [6.07, 6.45) is -7.84. The second-order valence-electron chi connectivity index (χ2n) is 2.51. The highest BCUT2D eigenvalue weighted by Gasteiger charge is 2.33. The molecule has 0 aliphatic carbocycles. The van der Waals surface area contributed by atoms with E-state index in [0.717, 1.165) is 0 Å². The molecule has 0 aliphatic heterocycles. The topological polar surface area (TPSA) is 167 Å². The lowest BCUT2D eigenvalue weighted by molar-refractivity contribution is -0.164. The summed E-state index contributed by atoms with van der Waals surface area (Å²) in [5.41, 5.74) is 0. The van der Waals surface area contributed by atoms with Gasteiger partial charge >= 0.3 is 5.97 Å². The normalized spacial score (nSPS) is 18.9. The third kappa shape index (κ3) is 3.96. The molecule has 0 aromatic carbocycles. The molecule has 4 atom stereocenters. The third-order valence-electron chi connectivity index (χ3n) is 1.51. The van der Waals surface area contributed by atoms with E-state index < -0.39 is 37.0 Å². The molecule has 0 aliphatic rings. The first-order chi connectivity index (χ1) is 5.91. The largest absolute Gasteiger partial charge is 0.479 e. The quantitative estimate of drug-likeness (QED) is 0.273. The summed E-state index contributed by atoms with van der Waals surface area (Å²) in [6.45, 7) is -0.843. The van der Waals surface area contributed by atoms with Crippen LogP contribution in [0.25, 0.3) is 0 Å². The van der Waals surface area contributed by atoms with Gasteiger partial charge in [-0.3, -0.25) is 0 Å². The molecule has 0 unspecified atom stereocenters. The summed E-state index contributed by atoms with van der Waals surface area (Å²) < 4.78 is 0. The number of hydrogen-bond donors (Lipinski definition) is 6. The summed E-state index contributed by atoms with van der Waals surface area (Å²) in [5, 5.41) is 51.8. The van der Waals surface area contributed by atoms with Crippen molar-refractivity contribution in [3.05, 3.63) is 0 Å². The second kappa shape index (κ2) is 6.65. The van der Waals surface area contributed by atoms with Gasteiger partial charge in [-0.2, -0.15) is 0 Å². The van der Waals surface area contributed by atoms with Gasteiger partial charge in [0.25, 0.3) is 0 Å². The minimum absolute atomic E-state index is 0. The molecule has 14 heavy (non-hydrogen) atoms. The van der Waals surface area contributed by atoms with E-state index in [-0.39, 0.29) is 5.48 Å². The molecule has 8 heteroatoms. The molecule has 0 amide bonds. The maximum atomic E-state index is 10.1. The number of rotatable bonds is 5. The maximum Gasteiger partial charge on any atom is 0.335 e. The number of hydrogen-bond acceptors (Lipinski definition) is 6. The highest BCUT2D eigenvalue weighted by Crippen LogP contribution is 2.04. The third-order valence-corrected chi connectivity index (χ3v) is 1.51. The molecule has 8 nitrogen and oxygen atoms in total. The minimum atomic E-state index is -2.20. The SMILES string of the molecule is O=C(O)[C@H](O)[C@@H](O)[C@H](O)[C@H](O)CO.[O]. The summed E-state index contributed by atoms with van der Waals surface area (Å²) in [5.74, 6) is -1.73. The number of aliphatic hydroxyl groups is 5. The van der Waals surface area contributed by atoms with Crippen molar-refractivity contribution in [1.29, 1.82) is 0 Å². The fourth-order valence-electron chi connectivity index (χ4n) is 0.668. The molecule has 0 rings (SSSR count). The van der Waals surface area contributed by atoms with Crippen LogP contribution in [0, 0.1) is 0 Å². The van der Waals surface area contributed by atoms with Crippen LogP contribution in [0.2, 0.25) is 0 Å². The van der Waals surface area contributed by atoms with Gasteiger partial charge in [0.2, 0.25) is 0 Å². The molecule has 0 aromatic rings. The van der Waals surface area contributed by atoms with E-state index in [2.05, 4.69) is 0 Å². The van der Waals surface area contributed by atoms with E-state index >= 15 is 0 Å². The van der Waals surface area contributed by atoms with Crippen LogP contribution in [-0.2, 0) is 10.3 Å². The van der Waals surface area contributed by atoms with Gasteiger partial charge in [-0.15, -0.1) is 0 Å². The number of carboxylic acids is 1. The van der Waals surface area contributed by atoms with Crippen molar-refractivity contribution >= 4 is 5.97 Å². The Balaban J connectivity index is 0. The van der Waals surface area contributed by atoms with Crippen LogP contribution in [0.3, 0.4) is 0 Å². The Labute approximate surface area is 79.0 Å². The van der Waals surface area contributed by atoms with Gasteiger partial charge < -0.3 is 30.6 Å². The monoisotopic (exact) mass is 212 g/mol. The number of aliphatic carboxylic acids is 1. The summed E-state index contributed by atoms with van der Waals surface area (Å²) in [6, 6.07) is 0. The maximum absolute atomic E-state index is 10.1. The van der Waals surface area contributed by atoms with Crippen molar-refractivity contribution in [1.82, 2.24) is 0 Å². The smallest absolute Gasteiger partial charge is 0.335 e. The molecule has 0 saturated heterocycles. The Hall–Kier alpha value is -0.770. The predicted octanol–water partition coefficient (Wildman–Crippen LogP) is -3.61. The van der Waals surface area contributed by atoms with Crippen LogP contribution in [0.15, 0.2) is 0 Å². The van der Waals surface area contributed by atoms with Crippen LogP contribution >= 0.6 is 0 Å². The molecule has 0 bridgehead atoms. The summed E-state index contributed by atoms with van der Waals surface area (Å²) in [7, 11) is 0. The molecule has 84 valence electrons. The van der Waals surface area contributed by atoms with Gasteiger partial charge in [-0.05, 0) is 0 Å². The van der Waals surface area contributed by atoms with E-state index in [1.165, 1.54) is 0 Å². The zero-order valence-corrected chi connectivity index (χ0v) is 7.02. The van der Waals surface area contributed by atoms with E-state index in [9.17, 15) is 4.79 Å². The molecular weight excluding hydrogens is 200 g/mol. The van der Waals surface area contributed by atoms with Gasteiger partial charge in [-0.25, -0.2) is 4.79 Å².